The normalized spacial score (nSPS) is 30.3. The van der Waals surface area contributed by atoms with Crippen molar-refractivity contribution in [2.45, 2.75) is 44.7 Å². The van der Waals surface area contributed by atoms with E-state index in [-0.39, 0.29) is 17.8 Å². The summed E-state index contributed by atoms with van der Waals surface area (Å²) in [5.41, 5.74) is 5.81. The van der Waals surface area contributed by atoms with Crippen LogP contribution in [-0.2, 0) is 10.0 Å². The van der Waals surface area contributed by atoms with E-state index in [0.29, 0.717) is 0 Å². The molecule has 4 nitrogen and oxygen atoms in total. The Kier molecular flexibility index (Phi) is 3.70. The summed E-state index contributed by atoms with van der Waals surface area (Å²) >= 11 is 0. The van der Waals surface area contributed by atoms with Crippen LogP contribution in [0.2, 0.25) is 0 Å². The van der Waals surface area contributed by atoms with Crippen LogP contribution in [0.1, 0.15) is 32.6 Å². The van der Waals surface area contributed by atoms with Gasteiger partial charge >= 0.3 is 0 Å². The summed E-state index contributed by atoms with van der Waals surface area (Å²) in [4.78, 5) is 0. The fourth-order valence-corrected chi connectivity index (χ4v) is 2.54. The number of hydrogen-bond acceptors (Lipinski definition) is 3. The molecule has 78 valence electrons. The molecular formula is C8H18N2O2S. The highest BCUT2D eigenvalue weighted by Crippen LogP contribution is 2.17. The fraction of sp³-hybridized carbons (Fsp3) is 1.00. The van der Waals surface area contributed by atoms with Crippen LogP contribution < -0.4 is 10.5 Å². The highest BCUT2D eigenvalue weighted by atomic mass is 32.2. The maximum atomic E-state index is 11.2. The molecule has 0 spiro atoms. The zero-order valence-corrected chi connectivity index (χ0v) is 8.81. The van der Waals surface area contributed by atoms with E-state index in [1.807, 2.05) is 0 Å². The fourth-order valence-electron chi connectivity index (χ4n) is 1.62. The van der Waals surface area contributed by atoms with Crippen molar-refractivity contribution in [2.24, 2.45) is 5.73 Å². The van der Waals surface area contributed by atoms with Crippen LogP contribution in [0.15, 0.2) is 0 Å². The van der Waals surface area contributed by atoms with E-state index < -0.39 is 10.0 Å². The van der Waals surface area contributed by atoms with Gasteiger partial charge in [0.1, 0.15) is 0 Å². The van der Waals surface area contributed by atoms with Gasteiger partial charge in [-0.3, -0.25) is 0 Å². The Morgan fingerprint density at radius 1 is 1.38 bits per heavy atom. The van der Waals surface area contributed by atoms with Crippen molar-refractivity contribution in [3.63, 3.8) is 0 Å². The quantitative estimate of drug-likeness (QED) is 0.692. The average molecular weight is 206 g/mol. The highest BCUT2D eigenvalue weighted by Gasteiger charge is 2.24. The molecule has 0 radical (unpaired) electrons. The van der Waals surface area contributed by atoms with Crippen molar-refractivity contribution in [1.29, 1.82) is 0 Å². The molecule has 13 heavy (non-hydrogen) atoms. The van der Waals surface area contributed by atoms with Gasteiger partial charge in [0.05, 0.1) is 5.75 Å². The molecule has 1 aliphatic carbocycles. The van der Waals surface area contributed by atoms with E-state index >= 15 is 0 Å². The zero-order chi connectivity index (χ0) is 9.90. The van der Waals surface area contributed by atoms with Gasteiger partial charge in [0.25, 0.3) is 0 Å². The maximum Gasteiger partial charge on any atom is 0.211 e. The Hall–Kier alpha value is -0.130. The number of hydrogen-bond donors (Lipinski definition) is 2. The predicted octanol–water partition coefficient (Wildman–Crippen LogP) is 0.196. The van der Waals surface area contributed by atoms with E-state index in [9.17, 15) is 8.42 Å². The number of sulfonamides is 1. The molecule has 0 aromatic rings. The lowest BCUT2D eigenvalue weighted by Gasteiger charge is -2.28. The maximum absolute atomic E-state index is 11.2. The number of nitrogens with one attached hydrogen (secondary N) is 1. The van der Waals surface area contributed by atoms with Gasteiger partial charge in [0.15, 0.2) is 0 Å². The summed E-state index contributed by atoms with van der Waals surface area (Å²) in [7, 11) is -3.08. The molecule has 0 aromatic carbocycles. The molecule has 0 aromatic heterocycles. The lowest BCUT2D eigenvalue weighted by Crippen LogP contribution is -2.49. The minimum absolute atomic E-state index is 0.00456. The number of rotatable bonds is 3. The third kappa shape index (κ3) is 3.25. The Morgan fingerprint density at radius 2 is 2.00 bits per heavy atom. The molecule has 2 unspecified atom stereocenters. The molecule has 3 N–H and O–H groups in total. The number of nitrogens with two attached hydrogens (primary N) is 1. The van der Waals surface area contributed by atoms with Gasteiger partial charge in [-0.25, -0.2) is 13.1 Å². The van der Waals surface area contributed by atoms with Crippen LogP contribution in [0.25, 0.3) is 0 Å². The third-order valence-corrected chi connectivity index (χ3v) is 3.95. The van der Waals surface area contributed by atoms with Crippen LogP contribution in [-0.4, -0.2) is 26.3 Å². The topological polar surface area (TPSA) is 72.2 Å². The van der Waals surface area contributed by atoms with E-state index in [0.717, 1.165) is 25.7 Å². The highest BCUT2D eigenvalue weighted by molar-refractivity contribution is 7.89. The molecule has 1 fully saturated rings. The molecule has 2 atom stereocenters. The summed E-state index contributed by atoms with van der Waals surface area (Å²) in [6.07, 6.45) is 3.99. The van der Waals surface area contributed by atoms with Crippen LogP contribution in [0.4, 0.5) is 0 Å². The van der Waals surface area contributed by atoms with Crippen molar-refractivity contribution >= 4 is 10.0 Å². The third-order valence-electron chi connectivity index (χ3n) is 2.53. The largest absolute Gasteiger partial charge is 0.326 e. The first-order valence-corrected chi connectivity index (χ1v) is 6.46. The van der Waals surface area contributed by atoms with Crippen LogP contribution >= 0.6 is 0 Å². The second-order valence-electron chi connectivity index (χ2n) is 3.58. The van der Waals surface area contributed by atoms with E-state index in [4.69, 9.17) is 5.73 Å². The first-order chi connectivity index (χ1) is 6.05. The summed E-state index contributed by atoms with van der Waals surface area (Å²) in [5.74, 6) is 0.135. The Balaban J connectivity index is 2.52. The first kappa shape index (κ1) is 10.9. The van der Waals surface area contributed by atoms with Crippen molar-refractivity contribution < 1.29 is 8.42 Å². The molecule has 0 amide bonds. The van der Waals surface area contributed by atoms with Gasteiger partial charge in [-0.05, 0) is 19.8 Å². The average Bonchev–Trinajstić information content (AvgIpc) is 2.09. The molecule has 0 heterocycles. The van der Waals surface area contributed by atoms with Crippen molar-refractivity contribution in [3.05, 3.63) is 0 Å². The van der Waals surface area contributed by atoms with E-state index in [1.165, 1.54) is 0 Å². The van der Waals surface area contributed by atoms with E-state index in [1.54, 1.807) is 6.92 Å². The molecule has 1 aliphatic rings. The van der Waals surface area contributed by atoms with Crippen LogP contribution in [0.3, 0.4) is 0 Å². The predicted molar refractivity (Wildman–Crippen MR) is 52.8 cm³/mol. The molecule has 0 bridgehead atoms. The van der Waals surface area contributed by atoms with E-state index in [2.05, 4.69) is 4.72 Å². The minimum Gasteiger partial charge on any atom is -0.326 e. The lowest BCUT2D eigenvalue weighted by molar-refractivity contribution is 0.361. The minimum atomic E-state index is -3.08. The lowest BCUT2D eigenvalue weighted by atomic mass is 9.92. The molecule has 0 aliphatic heterocycles. The van der Waals surface area contributed by atoms with Gasteiger partial charge in [0, 0.05) is 12.1 Å². The molecule has 1 saturated carbocycles. The van der Waals surface area contributed by atoms with Gasteiger partial charge in [-0.15, -0.1) is 0 Å². The molecule has 5 heteroatoms. The van der Waals surface area contributed by atoms with Crippen molar-refractivity contribution in [1.82, 2.24) is 4.72 Å². The summed E-state index contributed by atoms with van der Waals surface area (Å²) in [5, 5.41) is 0. The monoisotopic (exact) mass is 206 g/mol. The first-order valence-electron chi connectivity index (χ1n) is 4.81. The second kappa shape index (κ2) is 4.39. The summed E-state index contributed by atoms with van der Waals surface area (Å²) in [6, 6.07) is -0.0474. The van der Waals surface area contributed by atoms with Crippen molar-refractivity contribution in [2.75, 3.05) is 5.75 Å². The zero-order valence-electron chi connectivity index (χ0n) is 7.99. The van der Waals surface area contributed by atoms with Gasteiger partial charge in [0.2, 0.25) is 10.0 Å². The molecule has 0 saturated heterocycles. The van der Waals surface area contributed by atoms with Crippen LogP contribution in [0.5, 0.6) is 0 Å². The van der Waals surface area contributed by atoms with Gasteiger partial charge < -0.3 is 5.73 Å². The van der Waals surface area contributed by atoms with Crippen molar-refractivity contribution in [3.8, 4) is 0 Å². The SMILES string of the molecule is CCS(=O)(=O)NC1CCCCC1N. The van der Waals surface area contributed by atoms with Crippen LogP contribution in [0, 0.1) is 0 Å². The smallest absolute Gasteiger partial charge is 0.211 e. The summed E-state index contributed by atoms with van der Waals surface area (Å²) < 4.78 is 25.1. The second-order valence-corrected chi connectivity index (χ2v) is 5.62. The molecule has 1 rings (SSSR count). The molecular weight excluding hydrogens is 188 g/mol. The Morgan fingerprint density at radius 3 is 2.54 bits per heavy atom. The van der Waals surface area contributed by atoms with Gasteiger partial charge in [-0.1, -0.05) is 12.8 Å². The van der Waals surface area contributed by atoms with Gasteiger partial charge in [-0.2, -0.15) is 0 Å². The Labute approximate surface area is 79.9 Å². The Bertz CT molecular complexity index is 251. The summed E-state index contributed by atoms with van der Waals surface area (Å²) in [6.45, 7) is 1.64. The standard InChI is InChI=1S/C8H18N2O2S/c1-2-13(11,12)10-8-6-4-3-5-7(8)9/h7-8,10H,2-6,9H2,1H3.